The molecule has 0 aliphatic carbocycles. The second-order valence-corrected chi connectivity index (χ2v) is 6.06. The Morgan fingerprint density at radius 1 is 1.20 bits per heavy atom. The lowest BCUT2D eigenvalue weighted by molar-refractivity contribution is -0.189. The molecule has 0 spiro atoms. The van der Waals surface area contributed by atoms with Gasteiger partial charge in [0.2, 0.25) is 0 Å². The van der Waals surface area contributed by atoms with Gasteiger partial charge in [-0.25, -0.2) is 14.0 Å². The van der Waals surface area contributed by atoms with Gasteiger partial charge < -0.3 is 14.6 Å². The van der Waals surface area contributed by atoms with Crippen LogP contribution in [0.4, 0.5) is 28.0 Å². The molecule has 1 amide bonds. The normalized spacial score (nSPS) is 13.1. The maximum absolute atomic E-state index is 13.9. The molecule has 0 saturated carbocycles. The Balaban J connectivity index is 3.18. The Morgan fingerprint density at radius 2 is 1.76 bits per heavy atom. The fraction of sp³-hybridized carbons (Fsp3) is 0.467. The number of nitrogens with one attached hydrogen (secondary N) is 1. The minimum Gasteiger partial charge on any atom is -0.480 e. The third kappa shape index (κ3) is 6.12. The summed E-state index contributed by atoms with van der Waals surface area (Å²) in [5, 5.41) is 11.0. The Bertz CT molecular complexity index is 667. The highest BCUT2D eigenvalue weighted by Gasteiger charge is 2.39. The highest BCUT2D eigenvalue weighted by Crippen LogP contribution is 2.31. The van der Waals surface area contributed by atoms with Crippen molar-refractivity contribution in [3.05, 3.63) is 23.5 Å². The number of halogens is 4. The lowest BCUT2D eigenvalue weighted by Gasteiger charge is -2.21. The van der Waals surface area contributed by atoms with Gasteiger partial charge in [-0.05, 0) is 33.8 Å². The molecule has 0 aromatic heterocycles. The molecule has 0 heterocycles. The molecular formula is C15H17F4NO5. The molecule has 0 radical (unpaired) electrons. The predicted octanol–water partition coefficient (Wildman–Crippen LogP) is 4.20. The number of anilines is 1. The highest BCUT2D eigenvalue weighted by molar-refractivity contribution is 5.93. The molecule has 140 valence electrons. The minimum atomic E-state index is -4.76. The van der Waals surface area contributed by atoms with E-state index in [2.05, 4.69) is 4.74 Å². The number of benzene rings is 1. The lowest BCUT2D eigenvalue weighted by Crippen LogP contribution is -2.32. The molecule has 0 fully saturated rings. The maximum Gasteiger partial charge on any atom is 0.425 e. The van der Waals surface area contributed by atoms with Crippen molar-refractivity contribution in [2.75, 3.05) is 5.32 Å². The monoisotopic (exact) mass is 367 g/mol. The number of ether oxygens (including phenoxy) is 2. The van der Waals surface area contributed by atoms with Crippen molar-refractivity contribution in [2.24, 2.45) is 0 Å². The van der Waals surface area contributed by atoms with E-state index in [1.807, 2.05) is 5.32 Å². The van der Waals surface area contributed by atoms with Gasteiger partial charge >= 0.3 is 18.2 Å². The van der Waals surface area contributed by atoms with Gasteiger partial charge in [-0.1, -0.05) is 0 Å². The average Bonchev–Trinajstić information content (AvgIpc) is 2.38. The van der Waals surface area contributed by atoms with Crippen LogP contribution in [0, 0.1) is 5.82 Å². The summed E-state index contributed by atoms with van der Waals surface area (Å²) in [6.07, 6.45) is -8.17. The first-order chi connectivity index (χ1) is 11.2. The molecule has 1 aromatic rings. The standard InChI is InChI=1S/C15H17F4NO5/c1-7(15(17,18)19)24-11-6-10(9(16)5-8(11)12(21)22)20-13(23)25-14(2,3)4/h5-7H,1-4H3,(H,20,23)(H,21,22). The summed E-state index contributed by atoms with van der Waals surface area (Å²) >= 11 is 0. The van der Waals surface area contributed by atoms with Crippen molar-refractivity contribution in [3.8, 4) is 5.75 Å². The Labute approximate surface area is 140 Å². The molecule has 1 atom stereocenters. The van der Waals surface area contributed by atoms with E-state index >= 15 is 0 Å². The Hall–Kier alpha value is -2.52. The van der Waals surface area contributed by atoms with Crippen LogP contribution in [0.25, 0.3) is 0 Å². The van der Waals surface area contributed by atoms with Crippen LogP contribution in [0.15, 0.2) is 12.1 Å². The van der Waals surface area contributed by atoms with Crippen LogP contribution >= 0.6 is 0 Å². The summed E-state index contributed by atoms with van der Waals surface area (Å²) in [5.41, 5.74) is -2.29. The molecule has 0 bridgehead atoms. The SMILES string of the molecule is CC(Oc1cc(NC(=O)OC(C)(C)C)c(F)cc1C(=O)O)C(F)(F)F. The number of carboxylic acids is 1. The minimum absolute atomic E-state index is 0.452. The third-order valence-corrected chi connectivity index (χ3v) is 2.70. The molecule has 0 saturated heterocycles. The second kappa shape index (κ2) is 7.16. The quantitative estimate of drug-likeness (QED) is 0.779. The molecule has 0 aliphatic rings. The van der Waals surface area contributed by atoms with Crippen molar-refractivity contribution in [1.82, 2.24) is 0 Å². The molecule has 25 heavy (non-hydrogen) atoms. The van der Waals surface area contributed by atoms with Gasteiger partial charge in [0.1, 0.15) is 22.7 Å². The number of aromatic carboxylic acids is 1. The van der Waals surface area contributed by atoms with Gasteiger partial charge in [0.25, 0.3) is 0 Å². The van der Waals surface area contributed by atoms with Crippen LogP contribution in [0.5, 0.6) is 5.75 Å². The van der Waals surface area contributed by atoms with E-state index in [1.54, 1.807) is 20.8 Å². The number of carbonyl (C=O) groups is 2. The predicted molar refractivity (Wildman–Crippen MR) is 79.4 cm³/mol. The second-order valence-electron chi connectivity index (χ2n) is 6.06. The van der Waals surface area contributed by atoms with Crippen molar-refractivity contribution in [2.45, 2.75) is 45.6 Å². The zero-order chi connectivity index (χ0) is 19.6. The largest absolute Gasteiger partial charge is 0.480 e. The number of carboxylic acid groups (broad SMARTS) is 1. The van der Waals surface area contributed by atoms with Crippen molar-refractivity contribution < 1.29 is 41.7 Å². The average molecular weight is 367 g/mol. The molecule has 2 N–H and O–H groups in total. The van der Waals surface area contributed by atoms with E-state index in [0.29, 0.717) is 19.1 Å². The summed E-state index contributed by atoms with van der Waals surface area (Å²) in [6.45, 7) is 5.32. The van der Waals surface area contributed by atoms with Crippen LogP contribution in [0.2, 0.25) is 0 Å². The van der Waals surface area contributed by atoms with Crippen LogP contribution < -0.4 is 10.1 Å². The zero-order valence-corrected chi connectivity index (χ0v) is 13.8. The zero-order valence-electron chi connectivity index (χ0n) is 13.8. The first-order valence-corrected chi connectivity index (χ1v) is 7.01. The summed E-state index contributed by atoms with van der Waals surface area (Å²) in [7, 11) is 0. The van der Waals surface area contributed by atoms with Gasteiger partial charge in [0.05, 0.1) is 5.69 Å². The van der Waals surface area contributed by atoms with Crippen LogP contribution in [0.3, 0.4) is 0 Å². The van der Waals surface area contributed by atoms with Crippen molar-refractivity contribution in [1.29, 1.82) is 0 Å². The number of hydrogen-bond acceptors (Lipinski definition) is 4. The van der Waals surface area contributed by atoms with Crippen LogP contribution in [0.1, 0.15) is 38.1 Å². The van der Waals surface area contributed by atoms with Gasteiger partial charge in [0, 0.05) is 6.07 Å². The lowest BCUT2D eigenvalue weighted by atomic mass is 10.1. The number of amides is 1. The van der Waals surface area contributed by atoms with Crippen LogP contribution in [-0.2, 0) is 4.74 Å². The molecule has 0 aliphatic heterocycles. The first-order valence-electron chi connectivity index (χ1n) is 7.01. The van der Waals surface area contributed by atoms with E-state index in [4.69, 9.17) is 9.84 Å². The molecular weight excluding hydrogens is 350 g/mol. The van der Waals surface area contributed by atoms with Gasteiger partial charge in [-0.3, -0.25) is 5.32 Å². The number of hydrogen-bond donors (Lipinski definition) is 2. The number of carbonyl (C=O) groups excluding carboxylic acids is 1. The van der Waals surface area contributed by atoms with Crippen molar-refractivity contribution in [3.63, 3.8) is 0 Å². The number of rotatable bonds is 4. The van der Waals surface area contributed by atoms with E-state index < -0.39 is 52.8 Å². The molecule has 1 rings (SSSR count). The summed E-state index contributed by atoms with van der Waals surface area (Å²) in [4.78, 5) is 22.7. The molecule has 1 aromatic carbocycles. The van der Waals surface area contributed by atoms with Gasteiger partial charge in [-0.15, -0.1) is 0 Å². The van der Waals surface area contributed by atoms with E-state index in [-0.39, 0.29) is 0 Å². The molecule has 6 nitrogen and oxygen atoms in total. The van der Waals surface area contributed by atoms with Crippen molar-refractivity contribution >= 4 is 17.7 Å². The molecule has 1 unspecified atom stereocenters. The topological polar surface area (TPSA) is 84.9 Å². The smallest absolute Gasteiger partial charge is 0.425 e. The first kappa shape index (κ1) is 20.5. The fourth-order valence-corrected chi connectivity index (χ4v) is 1.58. The van der Waals surface area contributed by atoms with E-state index in [1.165, 1.54) is 0 Å². The summed E-state index contributed by atoms with van der Waals surface area (Å²) in [5.74, 6) is -3.60. The summed E-state index contributed by atoms with van der Waals surface area (Å²) < 4.78 is 61.2. The number of alkyl halides is 3. The maximum atomic E-state index is 13.9. The Kier molecular flexibility index (Phi) is 5.88. The fourth-order valence-electron chi connectivity index (χ4n) is 1.58. The summed E-state index contributed by atoms with van der Waals surface area (Å²) in [6, 6.07) is 1.11. The van der Waals surface area contributed by atoms with E-state index in [0.717, 1.165) is 0 Å². The van der Waals surface area contributed by atoms with Gasteiger partial charge in [0.15, 0.2) is 6.10 Å². The third-order valence-electron chi connectivity index (χ3n) is 2.70. The highest BCUT2D eigenvalue weighted by atomic mass is 19.4. The van der Waals surface area contributed by atoms with Gasteiger partial charge in [-0.2, -0.15) is 13.2 Å². The van der Waals surface area contributed by atoms with E-state index in [9.17, 15) is 27.2 Å². The molecule has 10 heteroatoms. The van der Waals surface area contributed by atoms with Crippen LogP contribution in [-0.4, -0.2) is 35.1 Å². The Morgan fingerprint density at radius 3 is 2.20 bits per heavy atom.